The summed E-state index contributed by atoms with van der Waals surface area (Å²) in [6.45, 7) is 6.54. The maximum absolute atomic E-state index is 12.4. The maximum atomic E-state index is 12.4. The van der Waals surface area contributed by atoms with Crippen LogP contribution in [0.15, 0.2) is 60.7 Å². The average molecular weight is 397 g/mol. The van der Waals surface area contributed by atoms with E-state index in [-0.39, 0.29) is 5.41 Å². The Bertz CT molecular complexity index is 713. The molecule has 0 spiro atoms. The third-order valence-corrected chi connectivity index (χ3v) is 7.49. The zero-order chi connectivity index (χ0) is 20.2. The number of hydrogen-bond donors (Lipinski definition) is 1. The fraction of sp³-hybridized carbons (Fsp3) is 0.520. The minimum atomic E-state index is -0.943. The van der Waals surface area contributed by atoms with Gasteiger partial charge >= 0.3 is 0 Å². The van der Waals surface area contributed by atoms with Gasteiger partial charge in [0.2, 0.25) is 0 Å². The van der Waals surface area contributed by atoms with Gasteiger partial charge in [0.1, 0.15) is 12.1 Å². The van der Waals surface area contributed by atoms with Crippen LogP contribution in [0.5, 0.6) is 0 Å². The SMILES string of the molecule is COCCOCC[N+]12CCC(C(O)(c3ccccc3)c3ccccc3)(CC1)CC2. The average Bonchev–Trinajstić information content (AvgIpc) is 2.81. The number of hydrogen-bond acceptors (Lipinski definition) is 3. The van der Waals surface area contributed by atoms with Crippen molar-refractivity contribution >= 4 is 0 Å². The van der Waals surface area contributed by atoms with Crippen LogP contribution in [0.3, 0.4) is 0 Å². The van der Waals surface area contributed by atoms with E-state index in [2.05, 4.69) is 24.3 Å². The monoisotopic (exact) mass is 396 g/mol. The van der Waals surface area contributed by atoms with Crippen molar-refractivity contribution in [1.82, 2.24) is 0 Å². The zero-order valence-electron chi connectivity index (χ0n) is 17.6. The number of fused-ring (bicyclic) bond motifs is 3. The molecule has 5 rings (SSSR count). The predicted molar refractivity (Wildman–Crippen MR) is 115 cm³/mol. The molecule has 1 N–H and O–H groups in total. The Morgan fingerprint density at radius 1 is 0.828 bits per heavy atom. The molecule has 2 bridgehead atoms. The van der Waals surface area contributed by atoms with E-state index in [1.165, 1.54) is 0 Å². The van der Waals surface area contributed by atoms with Gasteiger partial charge in [0.15, 0.2) is 0 Å². The van der Waals surface area contributed by atoms with Crippen molar-refractivity contribution in [2.75, 3.05) is 53.1 Å². The largest absolute Gasteiger partial charge is 0.382 e. The van der Waals surface area contributed by atoms with Crippen LogP contribution in [-0.2, 0) is 15.1 Å². The van der Waals surface area contributed by atoms with Gasteiger partial charge in [-0.15, -0.1) is 0 Å². The quantitative estimate of drug-likeness (QED) is 0.520. The van der Waals surface area contributed by atoms with Gasteiger partial charge in [-0.3, -0.25) is 0 Å². The Morgan fingerprint density at radius 3 is 1.83 bits per heavy atom. The summed E-state index contributed by atoms with van der Waals surface area (Å²) in [6, 6.07) is 20.6. The van der Waals surface area contributed by atoms with E-state index < -0.39 is 5.60 Å². The van der Waals surface area contributed by atoms with Gasteiger partial charge in [-0.25, -0.2) is 0 Å². The van der Waals surface area contributed by atoms with E-state index in [4.69, 9.17) is 9.47 Å². The molecular weight excluding hydrogens is 362 g/mol. The molecule has 0 amide bonds. The third-order valence-electron chi connectivity index (χ3n) is 7.49. The van der Waals surface area contributed by atoms with Gasteiger partial charge in [-0.05, 0) is 11.1 Å². The fourth-order valence-electron chi connectivity index (χ4n) is 5.58. The van der Waals surface area contributed by atoms with Gasteiger partial charge in [-0.2, -0.15) is 0 Å². The molecule has 3 heterocycles. The number of nitrogens with zero attached hydrogens (tertiary/aromatic N) is 1. The van der Waals surface area contributed by atoms with Gasteiger partial charge in [-0.1, -0.05) is 60.7 Å². The van der Waals surface area contributed by atoms with Crippen LogP contribution in [0.1, 0.15) is 30.4 Å². The van der Waals surface area contributed by atoms with Gasteiger partial charge in [0, 0.05) is 31.8 Å². The van der Waals surface area contributed by atoms with Crippen LogP contribution < -0.4 is 0 Å². The van der Waals surface area contributed by atoms with Crippen molar-refractivity contribution in [2.24, 2.45) is 5.41 Å². The number of rotatable bonds is 9. The summed E-state index contributed by atoms with van der Waals surface area (Å²) in [7, 11) is 1.71. The molecule has 2 aromatic rings. The molecule has 29 heavy (non-hydrogen) atoms. The van der Waals surface area contributed by atoms with E-state index >= 15 is 0 Å². The van der Waals surface area contributed by atoms with Gasteiger partial charge in [0.25, 0.3) is 0 Å². The first-order valence-electron chi connectivity index (χ1n) is 10.9. The molecule has 0 aromatic heterocycles. The van der Waals surface area contributed by atoms with E-state index in [0.29, 0.717) is 13.2 Å². The highest BCUT2D eigenvalue weighted by Crippen LogP contribution is 2.57. The molecule has 4 nitrogen and oxygen atoms in total. The van der Waals surface area contributed by atoms with Crippen molar-refractivity contribution < 1.29 is 19.1 Å². The Morgan fingerprint density at radius 2 is 1.34 bits per heavy atom. The Hall–Kier alpha value is -1.72. The van der Waals surface area contributed by atoms with E-state index in [9.17, 15) is 5.11 Å². The number of piperidine rings is 3. The molecule has 0 unspecified atom stereocenters. The molecule has 0 saturated carbocycles. The van der Waals surface area contributed by atoms with Crippen LogP contribution in [-0.4, -0.2) is 62.7 Å². The summed E-state index contributed by atoms with van der Waals surface area (Å²) >= 11 is 0. The van der Waals surface area contributed by atoms with Crippen LogP contribution in [0.2, 0.25) is 0 Å². The van der Waals surface area contributed by atoms with Crippen molar-refractivity contribution in [1.29, 1.82) is 0 Å². The standard InChI is InChI=1S/C25H34NO3/c1-28-20-21-29-19-18-26-15-12-24(13-16-26,14-17-26)25(27,22-8-4-2-5-9-22)23-10-6-3-7-11-23/h2-11,27H,12-21H2,1H3/q+1. The highest BCUT2D eigenvalue weighted by Gasteiger charge is 2.60. The summed E-state index contributed by atoms with van der Waals surface area (Å²) in [5.74, 6) is 0. The summed E-state index contributed by atoms with van der Waals surface area (Å²) in [5, 5.41) is 12.4. The number of quaternary nitrogens is 1. The summed E-state index contributed by atoms with van der Waals surface area (Å²) in [4.78, 5) is 0. The molecular formula is C25H34NO3+. The molecule has 4 heteroatoms. The fourth-order valence-corrected chi connectivity index (χ4v) is 5.58. The van der Waals surface area contributed by atoms with Gasteiger partial charge in [0.05, 0.1) is 39.5 Å². The van der Waals surface area contributed by atoms with Crippen LogP contribution in [0, 0.1) is 5.41 Å². The van der Waals surface area contributed by atoms with E-state index in [1.807, 2.05) is 36.4 Å². The van der Waals surface area contributed by atoms with Crippen LogP contribution >= 0.6 is 0 Å². The topological polar surface area (TPSA) is 38.7 Å². The second-order valence-electron chi connectivity index (χ2n) is 8.81. The highest BCUT2D eigenvalue weighted by atomic mass is 16.5. The zero-order valence-corrected chi connectivity index (χ0v) is 17.6. The van der Waals surface area contributed by atoms with Crippen molar-refractivity contribution in [2.45, 2.75) is 24.9 Å². The summed E-state index contributed by atoms with van der Waals surface area (Å²) < 4.78 is 12.0. The minimum absolute atomic E-state index is 0.105. The number of benzene rings is 2. The lowest BCUT2D eigenvalue weighted by atomic mass is 9.56. The first-order valence-corrected chi connectivity index (χ1v) is 10.9. The molecule has 3 aliphatic rings. The molecule has 156 valence electrons. The smallest absolute Gasteiger partial charge is 0.121 e. The predicted octanol–water partition coefficient (Wildman–Crippen LogP) is 3.59. The second-order valence-corrected chi connectivity index (χ2v) is 8.81. The summed E-state index contributed by atoms with van der Waals surface area (Å²) in [5.41, 5.74) is 1.00. The molecule has 3 aliphatic heterocycles. The lowest BCUT2D eigenvalue weighted by molar-refractivity contribution is -0.946. The van der Waals surface area contributed by atoms with E-state index in [1.54, 1.807) is 7.11 Å². The Balaban J connectivity index is 1.56. The van der Waals surface area contributed by atoms with Gasteiger partial charge < -0.3 is 19.1 Å². The Labute approximate surface area is 174 Å². The van der Waals surface area contributed by atoms with E-state index in [0.717, 1.165) is 67.7 Å². The maximum Gasteiger partial charge on any atom is 0.121 e. The van der Waals surface area contributed by atoms with Crippen molar-refractivity contribution in [3.05, 3.63) is 71.8 Å². The van der Waals surface area contributed by atoms with Crippen molar-refractivity contribution in [3.8, 4) is 0 Å². The molecule has 0 atom stereocenters. The minimum Gasteiger partial charge on any atom is -0.382 e. The first kappa shape index (κ1) is 20.5. The normalized spacial score (nSPS) is 26.6. The second kappa shape index (κ2) is 8.57. The van der Waals surface area contributed by atoms with Crippen molar-refractivity contribution in [3.63, 3.8) is 0 Å². The summed E-state index contributed by atoms with van der Waals surface area (Å²) in [6.07, 6.45) is 3.14. The number of ether oxygens (including phenoxy) is 2. The molecule has 3 fully saturated rings. The third kappa shape index (κ3) is 3.75. The molecule has 2 aromatic carbocycles. The van der Waals surface area contributed by atoms with Crippen LogP contribution in [0.4, 0.5) is 0 Å². The lowest BCUT2D eigenvalue weighted by Crippen LogP contribution is -2.67. The molecule has 0 radical (unpaired) electrons. The number of aliphatic hydroxyl groups is 1. The lowest BCUT2D eigenvalue weighted by Gasteiger charge is -2.60. The number of methoxy groups -OCH3 is 1. The van der Waals surface area contributed by atoms with Crippen LogP contribution in [0.25, 0.3) is 0 Å². The highest BCUT2D eigenvalue weighted by molar-refractivity contribution is 5.39. The Kier molecular flexibility index (Phi) is 6.07. The molecule has 3 saturated heterocycles. The first-order chi connectivity index (χ1) is 14.1. The molecule has 0 aliphatic carbocycles.